The smallest absolute Gasteiger partial charge is 0.321 e. The third-order valence-electron chi connectivity index (χ3n) is 2.92. The van der Waals surface area contributed by atoms with Crippen molar-refractivity contribution in [2.24, 2.45) is 0 Å². The van der Waals surface area contributed by atoms with Gasteiger partial charge in [0.2, 0.25) is 0 Å². The SMILES string of the molecule is O=C1NC(c2cccs2)C(=O)N1c1cc(Cl)ccc1Cl. The summed E-state index contributed by atoms with van der Waals surface area (Å²) in [6.07, 6.45) is 0. The summed E-state index contributed by atoms with van der Waals surface area (Å²) in [7, 11) is 0. The van der Waals surface area contributed by atoms with Gasteiger partial charge in [0, 0.05) is 9.90 Å². The number of hydrogen-bond acceptors (Lipinski definition) is 3. The Hall–Kier alpha value is -1.56. The Morgan fingerprint density at radius 3 is 2.70 bits per heavy atom. The van der Waals surface area contributed by atoms with Gasteiger partial charge in [0.25, 0.3) is 5.91 Å². The fourth-order valence-electron chi connectivity index (χ4n) is 2.01. The van der Waals surface area contributed by atoms with Crippen LogP contribution in [0.2, 0.25) is 10.0 Å². The Bertz CT molecular complexity index is 688. The van der Waals surface area contributed by atoms with Gasteiger partial charge in [-0.15, -0.1) is 11.3 Å². The van der Waals surface area contributed by atoms with Crippen LogP contribution in [0, 0.1) is 0 Å². The summed E-state index contributed by atoms with van der Waals surface area (Å²) in [5.41, 5.74) is 0.292. The molecule has 0 spiro atoms. The highest BCUT2D eigenvalue weighted by atomic mass is 35.5. The lowest BCUT2D eigenvalue weighted by Gasteiger charge is -2.14. The third-order valence-corrected chi connectivity index (χ3v) is 4.41. The van der Waals surface area contributed by atoms with E-state index in [4.69, 9.17) is 23.2 Å². The Morgan fingerprint density at radius 1 is 1.20 bits per heavy atom. The number of anilines is 1. The van der Waals surface area contributed by atoms with Crippen LogP contribution in [0.3, 0.4) is 0 Å². The Morgan fingerprint density at radius 2 is 2.00 bits per heavy atom. The van der Waals surface area contributed by atoms with E-state index in [0.29, 0.717) is 15.7 Å². The molecular formula is C13H8Cl2N2O2S. The zero-order valence-electron chi connectivity index (χ0n) is 9.97. The molecule has 1 aliphatic rings. The fraction of sp³-hybridized carbons (Fsp3) is 0.0769. The van der Waals surface area contributed by atoms with E-state index in [1.807, 2.05) is 11.4 Å². The molecule has 2 aromatic rings. The Balaban J connectivity index is 2.00. The molecule has 0 aliphatic carbocycles. The van der Waals surface area contributed by atoms with Crippen LogP contribution in [0.15, 0.2) is 35.7 Å². The molecule has 1 aromatic carbocycles. The molecule has 1 aromatic heterocycles. The van der Waals surface area contributed by atoms with Gasteiger partial charge in [-0.1, -0.05) is 29.3 Å². The average Bonchev–Trinajstić information content (AvgIpc) is 3.02. The summed E-state index contributed by atoms with van der Waals surface area (Å²) >= 11 is 13.4. The molecule has 1 unspecified atom stereocenters. The summed E-state index contributed by atoms with van der Waals surface area (Å²) in [6.45, 7) is 0. The molecule has 0 bridgehead atoms. The first-order valence-electron chi connectivity index (χ1n) is 5.71. The van der Waals surface area contributed by atoms with Crippen molar-refractivity contribution in [3.63, 3.8) is 0 Å². The van der Waals surface area contributed by atoms with E-state index < -0.39 is 12.1 Å². The number of nitrogens with one attached hydrogen (secondary N) is 1. The minimum absolute atomic E-state index is 0.292. The number of benzene rings is 1. The van der Waals surface area contributed by atoms with Crippen molar-refractivity contribution in [3.8, 4) is 0 Å². The highest BCUT2D eigenvalue weighted by molar-refractivity contribution is 7.10. The van der Waals surface area contributed by atoms with Crippen molar-refractivity contribution in [2.75, 3.05) is 4.90 Å². The van der Waals surface area contributed by atoms with Crippen molar-refractivity contribution in [2.45, 2.75) is 6.04 Å². The summed E-state index contributed by atoms with van der Waals surface area (Å²) < 4.78 is 0. The summed E-state index contributed by atoms with van der Waals surface area (Å²) in [6, 6.07) is 7.11. The minimum atomic E-state index is -0.669. The number of carbonyl (C=O) groups is 2. The molecule has 3 amide bonds. The first-order chi connectivity index (χ1) is 9.58. The maximum atomic E-state index is 12.4. The van der Waals surface area contributed by atoms with Gasteiger partial charge in [-0.3, -0.25) is 4.79 Å². The van der Waals surface area contributed by atoms with E-state index >= 15 is 0 Å². The molecule has 0 saturated carbocycles. The van der Waals surface area contributed by atoms with Crippen LogP contribution in [0.4, 0.5) is 10.5 Å². The van der Waals surface area contributed by atoms with Crippen LogP contribution in [-0.2, 0) is 4.79 Å². The molecule has 3 rings (SSSR count). The number of imide groups is 1. The van der Waals surface area contributed by atoms with Gasteiger partial charge in [-0.05, 0) is 29.6 Å². The number of hydrogen-bond donors (Lipinski definition) is 1. The number of urea groups is 1. The summed E-state index contributed by atoms with van der Waals surface area (Å²) in [5.74, 6) is -0.360. The standard InChI is InChI=1S/C13H8Cl2N2O2S/c14-7-3-4-8(15)9(6-7)17-12(18)11(16-13(17)19)10-2-1-5-20-10/h1-6,11H,(H,16,19). The van der Waals surface area contributed by atoms with Crippen molar-refractivity contribution >= 4 is 52.2 Å². The summed E-state index contributed by atoms with van der Waals surface area (Å²) in [5, 5.41) is 5.20. The molecule has 1 atom stereocenters. The number of rotatable bonds is 2. The second kappa shape index (κ2) is 5.09. The number of amides is 3. The van der Waals surface area contributed by atoms with E-state index in [1.54, 1.807) is 18.2 Å². The minimum Gasteiger partial charge on any atom is -0.321 e. The monoisotopic (exact) mass is 326 g/mol. The predicted octanol–water partition coefficient (Wildman–Crippen LogP) is 3.85. The van der Waals surface area contributed by atoms with Crippen LogP contribution in [-0.4, -0.2) is 11.9 Å². The maximum absolute atomic E-state index is 12.4. The van der Waals surface area contributed by atoms with E-state index in [-0.39, 0.29) is 5.91 Å². The average molecular weight is 327 g/mol. The molecule has 2 heterocycles. The van der Waals surface area contributed by atoms with E-state index in [1.165, 1.54) is 17.4 Å². The van der Waals surface area contributed by atoms with Crippen LogP contribution in [0.5, 0.6) is 0 Å². The van der Waals surface area contributed by atoms with Gasteiger partial charge in [0.15, 0.2) is 0 Å². The van der Waals surface area contributed by atoms with Crippen LogP contribution in [0.25, 0.3) is 0 Å². The molecule has 1 aliphatic heterocycles. The van der Waals surface area contributed by atoms with Crippen LogP contribution < -0.4 is 10.2 Å². The topological polar surface area (TPSA) is 49.4 Å². The first kappa shape index (κ1) is 13.4. The van der Waals surface area contributed by atoms with Crippen molar-refractivity contribution < 1.29 is 9.59 Å². The fourth-order valence-corrected chi connectivity index (χ4v) is 3.15. The molecular weight excluding hydrogens is 319 g/mol. The van der Waals surface area contributed by atoms with E-state index in [2.05, 4.69) is 5.32 Å². The highest BCUT2D eigenvalue weighted by Crippen LogP contribution is 2.34. The zero-order chi connectivity index (χ0) is 14.3. The van der Waals surface area contributed by atoms with E-state index in [0.717, 1.165) is 9.78 Å². The van der Waals surface area contributed by atoms with Gasteiger partial charge in [0.1, 0.15) is 6.04 Å². The predicted molar refractivity (Wildman–Crippen MR) is 79.5 cm³/mol. The molecule has 4 nitrogen and oxygen atoms in total. The third kappa shape index (κ3) is 2.18. The van der Waals surface area contributed by atoms with E-state index in [9.17, 15) is 9.59 Å². The summed E-state index contributed by atoms with van der Waals surface area (Å²) in [4.78, 5) is 26.3. The molecule has 1 fully saturated rings. The first-order valence-corrected chi connectivity index (χ1v) is 7.34. The van der Waals surface area contributed by atoms with Gasteiger partial charge >= 0.3 is 6.03 Å². The molecule has 1 N–H and O–H groups in total. The number of nitrogens with zero attached hydrogens (tertiary/aromatic N) is 1. The van der Waals surface area contributed by atoms with Gasteiger partial charge < -0.3 is 5.32 Å². The number of thiophene rings is 1. The van der Waals surface area contributed by atoms with Crippen molar-refractivity contribution in [1.29, 1.82) is 0 Å². The normalized spacial score (nSPS) is 18.5. The largest absolute Gasteiger partial charge is 0.329 e. The van der Waals surface area contributed by atoms with Crippen LogP contribution >= 0.6 is 34.5 Å². The second-order valence-corrected chi connectivity index (χ2v) is 5.99. The van der Waals surface area contributed by atoms with Crippen molar-refractivity contribution in [3.05, 3.63) is 50.6 Å². The Labute approximate surface area is 128 Å². The van der Waals surface area contributed by atoms with Crippen LogP contribution in [0.1, 0.15) is 10.9 Å². The number of halogens is 2. The molecule has 102 valence electrons. The highest BCUT2D eigenvalue weighted by Gasteiger charge is 2.41. The molecule has 0 radical (unpaired) electrons. The lowest BCUT2D eigenvalue weighted by molar-refractivity contribution is -0.118. The number of carbonyl (C=O) groups excluding carboxylic acids is 2. The second-order valence-electron chi connectivity index (χ2n) is 4.17. The molecule has 20 heavy (non-hydrogen) atoms. The zero-order valence-corrected chi connectivity index (χ0v) is 12.3. The van der Waals surface area contributed by atoms with Gasteiger partial charge in [-0.2, -0.15) is 0 Å². The lowest BCUT2D eigenvalue weighted by Crippen LogP contribution is -2.30. The van der Waals surface area contributed by atoms with Crippen molar-refractivity contribution in [1.82, 2.24) is 5.32 Å². The maximum Gasteiger partial charge on any atom is 0.329 e. The lowest BCUT2D eigenvalue weighted by atomic mass is 10.2. The molecule has 7 heteroatoms. The molecule has 1 saturated heterocycles. The van der Waals surface area contributed by atoms with Gasteiger partial charge in [-0.25, -0.2) is 9.69 Å². The van der Waals surface area contributed by atoms with Gasteiger partial charge in [0.05, 0.1) is 10.7 Å². The quantitative estimate of drug-likeness (QED) is 0.852. The Kier molecular flexibility index (Phi) is 3.41.